The first kappa shape index (κ1) is 13.1. The van der Waals surface area contributed by atoms with Crippen molar-refractivity contribution in [2.75, 3.05) is 5.88 Å². The molecule has 0 aliphatic carbocycles. The van der Waals surface area contributed by atoms with Gasteiger partial charge in [0.05, 0.1) is 0 Å². The van der Waals surface area contributed by atoms with E-state index in [1.807, 2.05) is 0 Å². The molecule has 0 bridgehead atoms. The summed E-state index contributed by atoms with van der Waals surface area (Å²) in [5, 5.41) is 9.60. The van der Waals surface area contributed by atoms with Gasteiger partial charge >= 0.3 is 5.97 Å². The normalized spacial score (nSPS) is 13.6. The molecule has 16 heavy (non-hydrogen) atoms. The van der Waals surface area contributed by atoms with Crippen molar-refractivity contribution < 1.29 is 9.90 Å². The van der Waals surface area contributed by atoms with Crippen LogP contribution in [0.1, 0.15) is 18.4 Å². The second kappa shape index (κ2) is 5.92. The summed E-state index contributed by atoms with van der Waals surface area (Å²) in [6.07, 6.45) is 1.62. The van der Waals surface area contributed by atoms with Crippen LogP contribution in [0.3, 0.4) is 0 Å². The number of hydrogen-bond donors (Lipinski definition) is 1. The van der Waals surface area contributed by atoms with Crippen LogP contribution < -0.4 is 0 Å². The van der Waals surface area contributed by atoms with E-state index in [-0.39, 0.29) is 0 Å². The molecule has 1 aromatic rings. The Bertz CT molecular complexity index is 413. The van der Waals surface area contributed by atoms with E-state index in [1.54, 1.807) is 37.3 Å². The molecule has 0 heterocycles. The summed E-state index contributed by atoms with van der Waals surface area (Å²) < 4.78 is 0. The number of benzene rings is 1. The van der Waals surface area contributed by atoms with Gasteiger partial charge in [0.2, 0.25) is 0 Å². The third kappa shape index (κ3) is 3.26. The van der Waals surface area contributed by atoms with E-state index < -0.39 is 11.9 Å². The van der Waals surface area contributed by atoms with Crippen molar-refractivity contribution >= 4 is 29.2 Å². The Morgan fingerprint density at radius 3 is 2.62 bits per heavy atom. The highest BCUT2D eigenvalue weighted by Crippen LogP contribution is 2.26. The van der Waals surface area contributed by atoms with Gasteiger partial charge in [-0.15, -0.1) is 11.6 Å². The van der Waals surface area contributed by atoms with Gasteiger partial charge in [0.25, 0.3) is 0 Å². The zero-order valence-electron chi connectivity index (χ0n) is 8.78. The molecule has 1 aromatic carbocycles. The number of allylic oxidation sites excluding steroid dienone is 1. The molecule has 86 valence electrons. The lowest BCUT2D eigenvalue weighted by atomic mass is 9.97. The lowest BCUT2D eigenvalue weighted by Gasteiger charge is -2.11. The zero-order chi connectivity index (χ0) is 12.1. The Morgan fingerprint density at radius 2 is 2.12 bits per heavy atom. The molecule has 4 heteroatoms. The van der Waals surface area contributed by atoms with Crippen LogP contribution in [-0.4, -0.2) is 17.0 Å². The minimum absolute atomic E-state index is 0.314. The number of alkyl halides is 1. The average Bonchev–Trinajstić information content (AvgIpc) is 2.26. The van der Waals surface area contributed by atoms with Crippen molar-refractivity contribution in [1.82, 2.24) is 0 Å². The van der Waals surface area contributed by atoms with Crippen LogP contribution in [0.2, 0.25) is 5.02 Å². The molecule has 0 unspecified atom stereocenters. The molecule has 0 aliphatic heterocycles. The SMILES string of the molecule is CC(=C[C@H](C(=O)O)c1ccccc1Cl)CCl. The zero-order valence-corrected chi connectivity index (χ0v) is 10.3. The Kier molecular flexibility index (Phi) is 4.84. The van der Waals surface area contributed by atoms with Gasteiger partial charge in [0, 0.05) is 10.9 Å². The Labute approximate surface area is 104 Å². The van der Waals surface area contributed by atoms with Crippen LogP contribution in [0.15, 0.2) is 35.9 Å². The molecule has 0 fully saturated rings. The largest absolute Gasteiger partial charge is 0.481 e. The molecule has 0 aromatic heterocycles. The van der Waals surface area contributed by atoms with Gasteiger partial charge in [0.15, 0.2) is 0 Å². The number of hydrogen-bond acceptors (Lipinski definition) is 1. The molecule has 2 nitrogen and oxygen atoms in total. The van der Waals surface area contributed by atoms with Crippen molar-refractivity contribution in [3.8, 4) is 0 Å². The summed E-state index contributed by atoms with van der Waals surface area (Å²) in [5.41, 5.74) is 1.40. The van der Waals surface area contributed by atoms with Gasteiger partial charge < -0.3 is 5.11 Å². The number of carboxylic acids is 1. The molecule has 1 atom stereocenters. The van der Waals surface area contributed by atoms with Gasteiger partial charge in [-0.2, -0.15) is 0 Å². The lowest BCUT2D eigenvalue weighted by molar-refractivity contribution is -0.137. The molecule has 1 N–H and O–H groups in total. The first-order valence-electron chi connectivity index (χ1n) is 4.76. The fourth-order valence-corrected chi connectivity index (χ4v) is 1.69. The van der Waals surface area contributed by atoms with Crippen LogP contribution in [0.25, 0.3) is 0 Å². The minimum Gasteiger partial charge on any atom is -0.481 e. The van der Waals surface area contributed by atoms with E-state index in [9.17, 15) is 4.79 Å². The molecule has 0 aliphatic rings. The van der Waals surface area contributed by atoms with E-state index in [0.717, 1.165) is 5.57 Å². The third-order valence-corrected chi connectivity index (χ3v) is 2.93. The van der Waals surface area contributed by atoms with Gasteiger partial charge in [0.1, 0.15) is 5.92 Å². The number of aliphatic carboxylic acids is 1. The molecular weight excluding hydrogens is 247 g/mol. The Morgan fingerprint density at radius 1 is 1.50 bits per heavy atom. The lowest BCUT2D eigenvalue weighted by Crippen LogP contribution is -2.10. The molecule has 0 saturated carbocycles. The molecule has 0 radical (unpaired) electrons. The Hall–Kier alpha value is -0.990. The maximum Gasteiger partial charge on any atom is 0.314 e. The predicted octanol–water partition coefficient (Wildman–Crippen LogP) is 3.69. The van der Waals surface area contributed by atoms with Crippen LogP contribution >= 0.6 is 23.2 Å². The van der Waals surface area contributed by atoms with E-state index in [0.29, 0.717) is 16.5 Å². The Balaban J connectivity index is 3.14. The van der Waals surface area contributed by atoms with Crippen LogP contribution in [0, 0.1) is 0 Å². The number of carboxylic acid groups (broad SMARTS) is 1. The predicted molar refractivity (Wildman–Crippen MR) is 66.3 cm³/mol. The van der Waals surface area contributed by atoms with Crippen molar-refractivity contribution in [2.45, 2.75) is 12.8 Å². The highest BCUT2D eigenvalue weighted by atomic mass is 35.5. The summed E-state index contributed by atoms with van der Waals surface area (Å²) in [6, 6.07) is 6.92. The van der Waals surface area contributed by atoms with Crippen molar-refractivity contribution in [3.63, 3.8) is 0 Å². The van der Waals surface area contributed by atoms with Crippen molar-refractivity contribution in [3.05, 3.63) is 46.5 Å². The second-order valence-corrected chi connectivity index (χ2v) is 4.16. The van der Waals surface area contributed by atoms with Crippen LogP contribution in [0.4, 0.5) is 0 Å². The standard InChI is InChI=1S/C12H12Cl2O2/c1-8(7-13)6-10(12(15)16)9-4-2-3-5-11(9)14/h2-6,10H,7H2,1H3,(H,15,16)/t10-/m0/s1. The minimum atomic E-state index is -0.933. The van der Waals surface area contributed by atoms with Crippen molar-refractivity contribution in [2.24, 2.45) is 0 Å². The first-order chi connectivity index (χ1) is 7.56. The van der Waals surface area contributed by atoms with Crippen LogP contribution in [-0.2, 0) is 4.79 Å². The maximum absolute atomic E-state index is 11.2. The summed E-state index contributed by atoms with van der Waals surface area (Å²) in [6.45, 7) is 1.79. The monoisotopic (exact) mass is 258 g/mol. The van der Waals surface area contributed by atoms with Gasteiger partial charge in [-0.1, -0.05) is 41.4 Å². The fraction of sp³-hybridized carbons (Fsp3) is 0.250. The quantitative estimate of drug-likeness (QED) is 0.661. The van der Waals surface area contributed by atoms with E-state index in [2.05, 4.69) is 0 Å². The van der Waals surface area contributed by atoms with Gasteiger partial charge in [-0.25, -0.2) is 0 Å². The summed E-state index contributed by atoms with van der Waals surface area (Å²) in [7, 11) is 0. The van der Waals surface area contributed by atoms with E-state index in [4.69, 9.17) is 28.3 Å². The second-order valence-electron chi connectivity index (χ2n) is 3.48. The number of carbonyl (C=O) groups is 1. The first-order valence-corrected chi connectivity index (χ1v) is 5.68. The van der Waals surface area contributed by atoms with Crippen LogP contribution in [0.5, 0.6) is 0 Å². The molecule has 1 rings (SSSR count). The molecule has 0 spiro atoms. The number of halogens is 2. The van der Waals surface area contributed by atoms with Gasteiger partial charge in [-0.3, -0.25) is 4.79 Å². The molecular formula is C12H12Cl2O2. The highest BCUT2D eigenvalue weighted by molar-refractivity contribution is 6.31. The van der Waals surface area contributed by atoms with Gasteiger partial charge in [-0.05, 0) is 18.6 Å². The van der Waals surface area contributed by atoms with E-state index in [1.165, 1.54) is 0 Å². The summed E-state index contributed by atoms with van der Waals surface area (Å²) in [5.74, 6) is -1.36. The average molecular weight is 259 g/mol. The molecule has 0 amide bonds. The highest BCUT2D eigenvalue weighted by Gasteiger charge is 2.19. The third-order valence-electron chi connectivity index (χ3n) is 2.17. The topological polar surface area (TPSA) is 37.3 Å². The fourth-order valence-electron chi connectivity index (χ4n) is 1.35. The molecule has 0 saturated heterocycles. The smallest absolute Gasteiger partial charge is 0.314 e. The number of rotatable bonds is 4. The van der Waals surface area contributed by atoms with E-state index >= 15 is 0 Å². The summed E-state index contributed by atoms with van der Waals surface area (Å²) in [4.78, 5) is 11.2. The van der Waals surface area contributed by atoms with Crippen molar-refractivity contribution in [1.29, 1.82) is 0 Å². The summed E-state index contributed by atoms with van der Waals surface area (Å²) >= 11 is 11.6. The maximum atomic E-state index is 11.2.